The van der Waals surface area contributed by atoms with Crippen LogP contribution >= 0.6 is 23.4 Å². The number of halogens is 1. The Morgan fingerprint density at radius 2 is 1.92 bits per heavy atom. The van der Waals surface area contributed by atoms with Gasteiger partial charge < -0.3 is 10.1 Å². The van der Waals surface area contributed by atoms with Gasteiger partial charge in [0.25, 0.3) is 0 Å². The molecule has 0 aliphatic carbocycles. The maximum atomic E-state index is 12.5. The topological polar surface area (TPSA) is 55.4 Å². The molecule has 0 fully saturated rings. The third-order valence-corrected chi connectivity index (χ3v) is 4.59. The first-order chi connectivity index (χ1) is 11.9. The molecule has 0 aromatic heterocycles. The Hall–Kier alpha value is -1.98. The van der Waals surface area contributed by atoms with Crippen LogP contribution in [0.1, 0.15) is 29.8 Å². The Kier molecular flexibility index (Phi) is 6.91. The lowest BCUT2D eigenvalue weighted by Gasteiger charge is -2.11. The molecule has 2 rings (SSSR count). The van der Waals surface area contributed by atoms with Gasteiger partial charge in [-0.15, -0.1) is 11.8 Å². The van der Waals surface area contributed by atoms with E-state index in [9.17, 15) is 9.59 Å². The van der Waals surface area contributed by atoms with E-state index < -0.39 is 5.97 Å². The summed E-state index contributed by atoms with van der Waals surface area (Å²) in [5, 5.41) is 3.20. The van der Waals surface area contributed by atoms with Crippen LogP contribution in [-0.4, -0.2) is 23.7 Å². The molecule has 25 heavy (non-hydrogen) atoms. The average Bonchev–Trinajstić information content (AvgIpc) is 2.56. The highest BCUT2D eigenvalue weighted by Crippen LogP contribution is 2.28. The predicted molar refractivity (Wildman–Crippen MR) is 102 cm³/mol. The first kappa shape index (κ1) is 19.3. The molecule has 2 aromatic rings. The molecular weight excluding hydrogens is 358 g/mol. The van der Waals surface area contributed by atoms with Gasteiger partial charge in [-0.05, 0) is 50.6 Å². The number of hydrogen-bond donors (Lipinski definition) is 1. The van der Waals surface area contributed by atoms with Crippen molar-refractivity contribution in [3.63, 3.8) is 0 Å². The Balaban J connectivity index is 2.12. The fourth-order valence-electron chi connectivity index (χ4n) is 2.11. The highest BCUT2D eigenvalue weighted by molar-refractivity contribution is 8.00. The number of thioether (sulfide) groups is 1. The van der Waals surface area contributed by atoms with Gasteiger partial charge in [-0.2, -0.15) is 0 Å². The molecule has 0 aliphatic rings. The normalized spacial score (nSPS) is 10.6. The Labute approximate surface area is 156 Å². The van der Waals surface area contributed by atoms with Crippen LogP contribution in [0.15, 0.2) is 47.4 Å². The van der Waals surface area contributed by atoms with Crippen LogP contribution in [0.5, 0.6) is 5.75 Å². The van der Waals surface area contributed by atoms with E-state index in [1.54, 1.807) is 30.3 Å². The lowest BCUT2D eigenvalue weighted by molar-refractivity contribution is -0.119. The minimum atomic E-state index is -0.500. The number of carbonyl (C=O) groups excluding carboxylic acids is 2. The summed E-state index contributed by atoms with van der Waals surface area (Å²) in [6, 6.07) is 12.4. The molecule has 0 saturated heterocycles. The van der Waals surface area contributed by atoms with Crippen molar-refractivity contribution in [1.29, 1.82) is 0 Å². The van der Waals surface area contributed by atoms with Gasteiger partial charge >= 0.3 is 5.97 Å². The molecule has 0 bridgehead atoms. The molecule has 6 heteroatoms. The van der Waals surface area contributed by atoms with Crippen molar-refractivity contribution in [2.75, 3.05) is 5.75 Å². The number of amides is 1. The van der Waals surface area contributed by atoms with Gasteiger partial charge in [0.1, 0.15) is 5.75 Å². The van der Waals surface area contributed by atoms with Crippen LogP contribution in [0.3, 0.4) is 0 Å². The number of esters is 1. The van der Waals surface area contributed by atoms with Crippen molar-refractivity contribution in [2.24, 2.45) is 0 Å². The van der Waals surface area contributed by atoms with E-state index in [1.807, 2.05) is 32.9 Å². The molecular formula is C19H20ClNO3S. The second-order valence-corrected chi connectivity index (χ2v) is 7.25. The maximum Gasteiger partial charge on any atom is 0.344 e. The van der Waals surface area contributed by atoms with E-state index in [0.717, 1.165) is 5.56 Å². The molecule has 0 aliphatic heterocycles. The van der Waals surface area contributed by atoms with Gasteiger partial charge in [0.2, 0.25) is 5.91 Å². The van der Waals surface area contributed by atoms with Crippen molar-refractivity contribution < 1.29 is 14.3 Å². The minimum Gasteiger partial charge on any atom is -0.421 e. The van der Waals surface area contributed by atoms with Crippen molar-refractivity contribution in [3.05, 3.63) is 58.6 Å². The minimum absolute atomic E-state index is 0.0788. The molecule has 2 aromatic carbocycles. The van der Waals surface area contributed by atoms with Gasteiger partial charge in [-0.1, -0.05) is 29.8 Å². The fourth-order valence-corrected chi connectivity index (χ4v) is 3.12. The average molecular weight is 378 g/mol. The molecule has 0 saturated carbocycles. The molecule has 1 amide bonds. The van der Waals surface area contributed by atoms with E-state index in [4.69, 9.17) is 16.3 Å². The van der Waals surface area contributed by atoms with Crippen LogP contribution in [0, 0.1) is 6.92 Å². The molecule has 0 heterocycles. The smallest absolute Gasteiger partial charge is 0.344 e. The quantitative estimate of drug-likeness (QED) is 0.458. The van der Waals surface area contributed by atoms with E-state index in [1.165, 1.54) is 11.8 Å². The number of benzene rings is 2. The summed E-state index contributed by atoms with van der Waals surface area (Å²) < 4.78 is 5.44. The zero-order valence-corrected chi connectivity index (χ0v) is 15.9. The second kappa shape index (κ2) is 8.92. The first-order valence-electron chi connectivity index (χ1n) is 7.86. The predicted octanol–water partition coefficient (Wildman–Crippen LogP) is 4.48. The van der Waals surface area contributed by atoms with E-state index in [-0.39, 0.29) is 17.7 Å². The molecule has 1 N–H and O–H groups in total. The number of ether oxygens (including phenoxy) is 1. The van der Waals surface area contributed by atoms with Gasteiger partial charge in [-0.25, -0.2) is 4.79 Å². The standard InChI is InChI=1S/C19H20ClNO3S/c1-12(2)21-18(22)11-25-17-7-5-4-6-14(17)19(23)24-16-10-13(3)8-9-15(16)20/h4-10,12H,11H2,1-3H3,(H,21,22). The third-order valence-electron chi connectivity index (χ3n) is 3.20. The van der Waals surface area contributed by atoms with Gasteiger partial charge in [0.05, 0.1) is 16.3 Å². The van der Waals surface area contributed by atoms with Crippen molar-refractivity contribution in [1.82, 2.24) is 5.32 Å². The summed E-state index contributed by atoms with van der Waals surface area (Å²) in [4.78, 5) is 25.0. The monoisotopic (exact) mass is 377 g/mol. The summed E-state index contributed by atoms with van der Waals surface area (Å²) in [6.45, 7) is 5.70. The zero-order chi connectivity index (χ0) is 18.4. The number of aryl methyl sites for hydroxylation is 1. The molecule has 4 nitrogen and oxygen atoms in total. The molecule has 0 spiro atoms. The largest absolute Gasteiger partial charge is 0.421 e. The van der Waals surface area contributed by atoms with Crippen molar-refractivity contribution in [3.8, 4) is 5.75 Å². The van der Waals surface area contributed by atoms with Gasteiger partial charge in [0, 0.05) is 10.9 Å². The molecule has 0 unspecified atom stereocenters. The Morgan fingerprint density at radius 1 is 1.20 bits per heavy atom. The highest BCUT2D eigenvalue weighted by atomic mass is 35.5. The Morgan fingerprint density at radius 3 is 2.64 bits per heavy atom. The van der Waals surface area contributed by atoms with E-state index in [2.05, 4.69) is 5.32 Å². The summed E-state index contributed by atoms with van der Waals surface area (Å²) >= 11 is 7.38. The molecule has 132 valence electrons. The SMILES string of the molecule is Cc1ccc(Cl)c(OC(=O)c2ccccc2SCC(=O)NC(C)C)c1. The number of hydrogen-bond acceptors (Lipinski definition) is 4. The van der Waals surface area contributed by atoms with Crippen LogP contribution in [0.2, 0.25) is 5.02 Å². The fraction of sp³-hybridized carbons (Fsp3) is 0.263. The first-order valence-corrected chi connectivity index (χ1v) is 9.22. The number of nitrogens with one attached hydrogen (secondary N) is 1. The van der Waals surface area contributed by atoms with Gasteiger partial charge in [0.15, 0.2) is 0 Å². The third kappa shape index (κ3) is 5.80. The van der Waals surface area contributed by atoms with Crippen LogP contribution in [0.25, 0.3) is 0 Å². The molecule has 0 atom stereocenters. The summed E-state index contributed by atoms with van der Waals surface area (Å²) in [5.41, 5.74) is 1.35. The lowest BCUT2D eigenvalue weighted by atomic mass is 10.2. The van der Waals surface area contributed by atoms with Crippen molar-refractivity contribution >= 4 is 35.2 Å². The van der Waals surface area contributed by atoms with Crippen molar-refractivity contribution in [2.45, 2.75) is 31.7 Å². The lowest BCUT2D eigenvalue weighted by Crippen LogP contribution is -2.31. The summed E-state index contributed by atoms with van der Waals surface area (Å²) in [5.74, 6) is -0.0259. The van der Waals surface area contributed by atoms with Crippen LogP contribution < -0.4 is 10.1 Å². The van der Waals surface area contributed by atoms with Crippen LogP contribution in [-0.2, 0) is 4.79 Å². The summed E-state index contributed by atoms with van der Waals surface area (Å²) in [7, 11) is 0. The Bertz CT molecular complexity index is 777. The maximum absolute atomic E-state index is 12.5. The molecule has 0 radical (unpaired) electrons. The zero-order valence-electron chi connectivity index (χ0n) is 14.3. The number of carbonyl (C=O) groups is 2. The summed E-state index contributed by atoms with van der Waals surface area (Å²) in [6.07, 6.45) is 0. The second-order valence-electron chi connectivity index (χ2n) is 5.83. The van der Waals surface area contributed by atoms with Gasteiger partial charge in [-0.3, -0.25) is 4.79 Å². The van der Waals surface area contributed by atoms with E-state index in [0.29, 0.717) is 21.2 Å². The van der Waals surface area contributed by atoms with Crippen LogP contribution in [0.4, 0.5) is 0 Å². The number of rotatable bonds is 6. The van der Waals surface area contributed by atoms with E-state index >= 15 is 0 Å². The highest BCUT2D eigenvalue weighted by Gasteiger charge is 2.16.